The largest absolute Gasteiger partial charge is 0.383 e. The molecule has 0 aliphatic carbocycles. The summed E-state index contributed by atoms with van der Waals surface area (Å²) in [6.45, 7) is 8.05. The molecule has 0 spiro atoms. The summed E-state index contributed by atoms with van der Waals surface area (Å²) in [7, 11) is 3.40. The molecule has 0 rings (SSSR count). The molecule has 0 radical (unpaired) electrons. The Kier molecular flexibility index (Phi) is 9.00. The molecule has 0 aromatic carbocycles. The molecule has 92 valence electrons. The van der Waals surface area contributed by atoms with E-state index in [1.54, 1.807) is 14.2 Å². The van der Waals surface area contributed by atoms with Crippen LogP contribution in [0.3, 0.4) is 0 Å². The first kappa shape index (κ1) is 14.8. The fourth-order valence-electron chi connectivity index (χ4n) is 1.26. The molecule has 15 heavy (non-hydrogen) atoms. The van der Waals surface area contributed by atoms with Gasteiger partial charge in [-0.15, -0.1) is 0 Å². The van der Waals surface area contributed by atoms with Gasteiger partial charge < -0.3 is 19.5 Å². The van der Waals surface area contributed by atoms with Gasteiger partial charge in [-0.3, -0.25) is 0 Å². The van der Waals surface area contributed by atoms with Gasteiger partial charge in [0.05, 0.1) is 19.8 Å². The molecule has 0 aromatic heterocycles. The van der Waals surface area contributed by atoms with Crippen LogP contribution in [0.25, 0.3) is 0 Å². The van der Waals surface area contributed by atoms with E-state index in [1.165, 1.54) is 0 Å². The summed E-state index contributed by atoms with van der Waals surface area (Å²) in [6, 6.07) is 0. The van der Waals surface area contributed by atoms with Crippen molar-refractivity contribution < 1.29 is 14.2 Å². The van der Waals surface area contributed by atoms with Crippen molar-refractivity contribution in [1.29, 1.82) is 0 Å². The van der Waals surface area contributed by atoms with E-state index < -0.39 is 0 Å². The smallest absolute Gasteiger partial charge is 0.0700 e. The van der Waals surface area contributed by atoms with E-state index >= 15 is 0 Å². The first-order valence-electron chi connectivity index (χ1n) is 5.43. The zero-order valence-corrected chi connectivity index (χ0v) is 10.5. The number of ether oxygens (including phenoxy) is 3. The van der Waals surface area contributed by atoms with Crippen LogP contribution < -0.4 is 5.32 Å². The number of hydrogen-bond donors (Lipinski definition) is 1. The zero-order valence-electron chi connectivity index (χ0n) is 10.5. The van der Waals surface area contributed by atoms with Gasteiger partial charge >= 0.3 is 0 Å². The van der Waals surface area contributed by atoms with Crippen LogP contribution in [0.1, 0.15) is 20.3 Å². The molecule has 0 amide bonds. The van der Waals surface area contributed by atoms with Crippen molar-refractivity contribution >= 4 is 0 Å². The van der Waals surface area contributed by atoms with E-state index in [0.29, 0.717) is 13.2 Å². The van der Waals surface area contributed by atoms with Gasteiger partial charge in [0.25, 0.3) is 0 Å². The Bertz CT molecular complexity index is 140. The highest BCUT2D eigenvalue weighted by atomic mass is 16.5. The van der Waals surface area contributed by atoms with E-state index in [-0.39, 0.29) is 5.54 Å². The zero-order chi connectivity index (χ0) is 11.6. The van der Waals surface area contributed by atoms with Crippen molar-refractivity contribution in [1.82, 2.24) is 5.32 Å². The molecular weight excluding hydrogens is 194 g/mol. The van der Waals surface area contributed by atoms with Gasteiger partial charge in [0.2, 0.25) is 0 Å². The lowest BCUT2D eigenvalue weighted by molar-refractivity contribution is 0.0674. The number of methoxy groups -OCH3 is 2. The Morgan fingerprint density at radius 3 is 2.33 bits per heavy atom. The third kappa shape index (κ3) is 10.1. The molecule has 0 aromatic rings. The molecule has 0 heterocycles. The van der Waals surface area contributed by atoms with Crippen LogP contribution in [-0.4, -0.2) is 52.7 Å². The van der Waals surface area contributed by atoms with E-state index in [2.05, 4.69) is 19.2 Å². The maximum atomic E-state index is 5.35. The van der Waals surface area contributed by atoms with Crippen molar-refractivity contribution in [2.45, 2.75) is 25.8 Å². The second-order valence-electron chi connectivity index (χ2n) is 4.20. The van der Waals surface area contributed by atoms with E-state index in [0.717, 1.165) is 26.2 Å². The summed E-state index contributed by atoms with van der Waals surface area (Å²) in [5, 5.41) is 3.41. The van der Waals surface area contributed by atoms with Crippen molar-refractivity contribution in [3.63, 3.8) is 0 Å². The minimum atomic E-state index is 0.0429. The summed E-state index contributed by atoms with van der Waals surface area (Å²) >= 11 is 0. The lowest BCUT2D eigenvalue weighted by atomic mass is 10.1. The highest BCUT2D eigenvalue weighted by molar-refractivity contribution is 4.76. The topological polar surface area (TPSA) is 39.7 Å². The van der Waals surface area contributed by atoms with Crippen LogP contribution in [0.4, 0.5) is 0 Å². The molecule has 0 saturated carbocycles. The molecular formula is C11H25NO3. The number of hydrogen-bond acceptors (Lipinski definition) is 4. The average molecular weight is 219 g/mol. The molecule has 0 atom stereocenters. The van der Waals surface area contributed by atoms with Crippen LogP contribution in [0.2, 0.25) is 0 Å². The molecule has 0 aliphatic heterocycles. The van der Waals surface area contributed by atoms with Crippen molar-refractivity contribution in [2.24, 2.45) is 0 Å². The summed E-state index contributed by atoms with van der Waals surface area (Å²) in [6.07, 6.45) is 1.01. The summed E-state index contributed by atoms with van der Waals surface area (Å²) in [5.41, 5.74) is 0.0429. The lowest BCUT2D eigenvalue weighted by Crippen LogP contribution is -2.43. The summed E-state index contributed by atoms with van der Waals surface area (Å²) < 4.78 is 15.3. The number of nitrogens with one attached hydrogen (secondary N) is 1. The minimum Gasteiger partial charge on any atom is -0.383 e. The highest BCUT2D eigenvalue weighted by Gasteiger charge is 2.15. The molecule has 0 bridgehead atoms. The first-order chi connectivity index (χ1) is 7.12. The molecule has 0 fully saturated rings. The molecule has 0 aliphatic rings. The third-order valence-electron chi connectivity index (χ3n) is 2.01. The molecule has 4 heteroatoms. The molecule has 0 saturated heterocycles. The van der Waals surface area contributed by atoms with Gasteiger partial charge in [0, 0.05) is 26.4 Å². The average Bonchev–Trinajstić information content (AvgIpc) is 2.16. The Hall–Kier alpha value is -0.160. The molecule has 4 nitrogen and oxygen atoms in total. The van der Waals surface area contributed by atoms with Gasteiger partial charge in [0.1, 0.15) is 0 Å². The number of rotatable bonds is 10. The van der Waals surface area contributed by atoms with Crippen LogP contribution in [-0.2, 0) is 14.2 Å². The Balaban J connectivity index is 3.22. The van der Waals surface area contributed by atoms with Gasteiger partial charge in [-0.2, -0.15) is 0 Å². The van der Waals surface area contributed by atoms with E-state index in [9.17, 15) is 0 Å². The maximum absolute atomic E-state index is 5.35. The summed E-state index contributed by atoms with van der Waals surface area (Å²) in [5.74, 6) is 0. The van der Waals surface area contributed by atoms with Crippen LogP contribution in [0, 0.1) is 0 Å². The SMILES string of the molecule is COCCOCCCNC(C)(C)COC. The van der Waals surface area contributed by atoms with E-state index in [1.807, 2.05) is 0 Å². The van der Waals surface area contributed by atoms with E-state index in [4.69, 9.17) is 14.2 Å². The fraction of sp³-hybridized carbons (Fsp3) is 1.00. The minimum absolute atomic E-state index is 0.0429. The van der Waals surface area contributed by atoms with Crippen molar-refractivity contribution in [3.8, 4) is 0 Å². The molecule has 1 N–H and O–H groups in total. The van der Waals surface area contributed by atoms with Gasteiger partial charge in [-0.1, -0.05) is 0 Å². The Morgan fingerprint density at radius 2 is 1.73 bits per heavy atom. The Morgan fingerprint density at radius 1 is 1.00 bits per heavy atom. The second-order valence-corrected chi connectivity index (χ2v) is 4.20. The predicted molar refractivity (Wildman–Crippen MR) is 61.3 cm³/mol. The van der Waals surface area contributed by atoms with Crippen molar-refractivity contribution in [2.75, 3.05) is 47.2 Å². The van der Waals surface area contributed by atoms with Crippen molar-refractivity contribution in [3.05, 3.63) is 0 Å². The monoisotopic (exact) mass is 219 g/mol. The van der Waals surface area contributed by atoms with Gasteiger partial charge in [-0.25, -0.2) is 0 Å². The second kappa shape index (κ2) is 9.09. The lowest BCUT2D eigenvalue weighted by Gasteiger charge is -2.25. The fourth-order valence-corrected chi connectivity index (χ4v) is 1.26. The highest BCUT2D eigenvalue weighted by Crippen LogP contribution is 2.01. The maximum Gasteiger partial charge on any atom is 0.0700 e. The Labute approximate surface area is 93.3 Å². The van der Waals surface area contributed by atoms with Gasteiger partial charge in [0.15, 0.2) is 0 Å². The predicted octanol–water partition coefficient (Wildman–Crippen LogP) is 1.05. The first-order valence-corrected chi connectivity index (χ1v) is 5.43. The third-order valence-corrected chi connectivity index (χ3v) is 2.01. The quantitative estimate of drug-likeness (QED) is 0.558. The van der Waals surface area contributed by atoms with Crippen LogP contribution >= 0.6 is 0 Å². The standard InChI is InChI=1S/C11H25NO3/c1-11(2,10-14-4)12-6-5-7-15-9-8-13-3/h12H,5-10H2,1-4H3. The summed E-state index contributed by atoms with van der Waals surface area (Å²) in [4.78, 5) is 0. The normalized spacial score (nSPS) is 12.0. The van der Waals surface area contributed by atoms with Crippen LogP contribution in [0.5, 0.6) is 0 Å². The molecule has 0 unspecified atom stereocenters. The van der Waals surface area contributed by atoms with Crippen LogP contribution in [0.15, 0.2) is 0 Å². The van der Waals surface area contributed by atoms with Gasteiger partial charge in [-0.05, 0) is 26.8 Å².